The second-order valence-corrected chi connectivity index (χ2v) is 6.48. The van der Waals surface area contributed by atoms with Gasteiger partial charge in [0.05, 0.1) is 0 Å². The molecule has 108 valence electrons. The lowest BCUT2D eigenvalue weighted by atomic mass is 10.1. The lowest BCUT2D eigenvalue weighted by molar-refractivity contribution is 0.304. The molecular formula is C14H12N2O3S2. The fraction of sp³-hybridized carbons (Fsp3) is 0.214. The van der Waals surface area contributed by atoms with Gasteiger partial charge < -0.3 is 9.15 Å². The predicted molar refractivity (Wildman–Crippen MR) is 83.2 cm³/mol. The topological polar surface area (TPSA) is 65.2 Å². The first-order chi connectivity index (χ1) is 10.2. The lowest BCUT2D eigenvalue weighted by Crippen LogP contribution is -1.99. The fourth-order valence-corrected chi connectivity index (χ4v) is 3.15. The molecule has 7 heteroatoms. The molecule has 2 aromatic heterocycles. The van der Waals surface area contributed by atoms with Crippen LogP contribution in [0.4, 0.5) is 0 Å². The molecule has 21 heavy (non-hydrogen) atoms. The average molecular weight is 320 g/mol. The maximum Gasteiger partial charge on any atom is 0.336 e. The normalized spacial score (nSPS) is 11.0. The second kappa shape index (κ2) is 5.87. The number of ether oxygens (including phenoxy) is 1. The molecule has 0 aliphatic heterocycles. The quantitative estimate of drug-likeness (QED) is 0.543. The molecule has 0 aliphatic rings. The summed E-state index contributed by atoms with van der Waals surface area (Å²) in [5, 5.41) is 9.77. The van der Waals surface area contributed by atoms with Crippen molar-refractivity contribution >= 4 is 34.1 Å². The van der Waals surface area contributed by atoms with Gasteiger partial charge in [-0.2, -0.15) is 0 Å². The van der Waals surface area contributed by atoms with Gasteiger partial charge in [-0.25, -0.2) is 4.79 Å². The van der Waals surface area contributed by atoms with Crippen LogP contribution in [0.5, 0.6) is 5.75 Å². The first-order valence-electron chi connectivity index (χ1n) is 6.19. The summed E-state index contributed by atoms with van der Waals surface area (Å²) in [5.74, 6) is 0.636. The van der Waals surface area contributed by atoms with Crippen molar-refractivity contribution in [1.82, 2.24) is 10.2 Å². The van der Waals surface area contributed by atoms with Crippen LogP contribution in [-0.2, 0) is 6.61 Å². The third kappa shape index (κ3) is 3.08. The van der Waals surface area contributed by atoms with Crippen LogP contribution >= 0.6 is 23.1 Å². The third-order valence-corrected chi connectivity index (χ3v) is 4.78. The van der Waals surface area contributed by atoms with E-state index in [-0.39, 0.29) is 5.63 Å². The van der Waals surface area contributed by atoms with Crippen molar-refractivity contribution in [2.75, 3.05) is 6.26 Å². The number of thioether (sulfide) groups is 1. The van der Waals surface area contributed by atoms with Gasteiger partial charge in [0.15, 0.2) is 9.35 Å². The second-order valence-electron chi connectivity index (χ2n) is 4.36. The van der Waals surface area contributed by atoms with E-state index in [1.807, 2.05) is 25.3 Å². The Balaban J connectivity index is 1.82. The Hall–Kier alpha value is -1.86. The van der Waals surface area contributed by atoms with E-state index in [0.29, 0.717) is 17.9 Å². The largest absolute Gasteiger partial charge is 0.486 e. The summed E-state index contributed by atoms with van der Waals surface area (Å²) in [6.07, 6.45) is 1.96. The van der Waals surface area contributed by atoms with Gasteiger partial charge in [0, 0.05) is 17.5 Å². The molecule has 0 saturated heterocycles. The molecule has 0 amide bonds. The molecule has 5 nitrogen and oxygen atoms in total. The van der Waals surface area contributed by atoms with E-state index in [2.05, 4.69) is 10.2 Å². The SMILES string of the molecule is CSc1nnc(COc2ccc3c(C)cc(=O)oc3c2)s1. The first kappa shape index (κ1) is 14.1. The molecule has 3 rings (SSSR count). The number of rotatable bonds is 4. The summed E-state index contributed by atoms with van der Waals surface area (Å²) in [7, 11) is 0. The number of fused-ring (bicyclic) bond motifs is 1. The van der Waals surface area contributed by atoms with Gasteiger partial charge in [-0.15, -0.1) is 10.2 Å². The average Bonchev–Trinajstić information content (AvgIpc) is 2.92. The van der Waals surface area contributed by atoms with Crippen molar-refractivity contribution in [2.45, 2.75) is 17.9 Å². The zero-order valence-electron chi connectivity index (χ0n) is 11.5. The van der Waals surface area contributed by atoms with E-state index in [9.17, 15) is 4.79 Å². The fourth-order valence-electron chi connectivity index (χ4n) is 1.92. The number of nitrogens with zero attached hydrogens (tertiary/aromatic N) is 2. The van der Waals surface area contributed by atoms with Gasteiger partial charge in [0.25, 0.3) is 0 Å². The minimum atomic E-state index is -0.356. The van der Waals surface area contributed by atoms with E-state index in [0.717, 1.165) is 20.3 Å². The molecule has 2 heterocycles. The molecule has 0 spiro atoms. The molecule has 0 N–H and O–H groups in total. The van der Waals surface area contributed by atoms with Crippen molar-refractivity contribution in [1.29, 1.82) is 0 Å². The Bertz CT molecular complexity index is 842. The van der Waals surface area contributed by atoms with Gasteiger partial charge >= 0.3 is 5.63 Å². The zero-order valence-corrected chi connectivity index (χ0v) is 13.1. The maximum absolute atomic E-state index is 11.4. The molecule has 0 saturated carbocycles. The third-order valence-electron chi connectivity index (χ3n) is 2.91. The minimum Gasteiger partial charge on any atom is -0.486 e. The Morgan fingerprint density at radius 2 is 2.19 bits per heavy atom. The Morgan fingerprint density at radius 1 is 1.33 bits per heavy atom. The zero-order chi connectivity index (χ0) is 14.8. The monoisotopic (exact) mass is 320 g/mol. The predicted octanol–water partition coefficient (Wildman–Crippen LogP) is 3.25. The van der Waals surface area contributed by atoms with Crippen molar-refractivity contribution in [2.24, 2.45) is 0 Å². The highest BCUT2D eigenvalue weighted by atomic mass is 32.2. The Morgan fingerprint density at radius 3 is 2.95 bits per heavy atom. The summed E-state index contributed by atoms with van der Waals surface area (Å²) in [5.41, 5.74) is 1.06. The van der Waals surface area contributed by atoms with Crippen LogP contribution in [-0.4, -0.2) is 16.5 Å². The Kier molecular flexibility index (Phi) is 3.94. The van der Waals surface area contributed by atoms with Crippen LogP contribution in [0.2, 0.25) is 0 Å². The van der Waals surface area contributed by atoms with Crippen LogP contribution in [0, 0.1) is 6.92 Å². The van der Waals surface area contributed by atoms with Crippen molar-refractivity contribution < 1.29 is 9.15 Å². The van der Waals surface area contributed by atoms with Gasteiger partial charge in [-0.3, -0.25) is 0 Å². The summed E-state index contributed by atoms with van der Waals surface area (Å²) < 4.78 is 11.8. The van der Waals surface area contributed by atoms with Crippen LogP contribution < -0.4 is 10.4 Å². The van der Waals surface area contributed by atoms with Crippen molar-refractivity contribution in [3.05, 3.63) is 45.3 Å². The number of aryl methyl sites for hydroxylation is 1. The maximum atomic E-state index is 11.4. The van der Waals surface area contributed by atoms with Crippen LogP contribution in [0.3, 0.4) is 0 Å². The summed E-state index contributed by atoms with van der Waals surface area (Å²) in [6, 6.07) is 6.94. The number of hydrogen-bond acceptors (Lipinski definition) is 7. The highest BCUT2D eigenvalue weighted by Crippen LogP contribution is 2.24. The molecular weight excluding hydrogens is 308 g/mol. The summed E-state index contributed by atoms with van der Waals surface area (Å²) in [4.78, 5) is 11.4. The lowest BCUT2D eigenvalue weighted by Gasteiger charge is -2.05. The highest BCUT2D eigenvalue weighted by Gasteiger charge is 2.06. The standard InChI is InChI=1S/C14H12N2O3S2/c1-8-5-13(17)19-11-6-9(3-4-10(8)11)18-7-12-15-16-14(20-2)21-12/h3-6H,7H2,1-2H3. The smallest absolute Gasteiger partial charge is 0.336 e. The van der Waals surface area contributed by atoms with Gasteiger partial charge in [0.1, 0.15) is 17.9 Å². The van der Waals surface area contributed by atoms with Crippen LogP contribution in [0.25, 0.3) is 11.0 Å². The van der Waals surface area contributed by atoms with Gasteiger partial charge in [-0.1, -0.05) is 23.1 Å². The number of hydrogen-bond donors (Lipinski definition) is 0. The van der Waals surface area contributed by atoms with Crippen LogP contribution in [0.1, 0.15) is 10.6 Å². The summed E-state index contributed by atoms with van der Waals surface area (Å²) in [6.45, 7) is 2.23. The minimum absolute atomic E-state index is 0.347. The van der Waals surface area contributed by atoms with E-state index in [1.165, 1.54) is 17.4 Å². The molecule has 0 radical (unpaired) electrons. The summed E-state index contributed by atoms with van der Waals surface area (Å²) >= 11 is 3.06. The molecule has 0 atom stereocenters. The number of benzene rings is 1. The molecule has 0 aliphatic carbocycles. The Labute approximate surface area is 129 Å². The molecule has 0 fully saturated rings. The number of aromatic nitrogens is 2. The van der Waals surface area contributed by atoms with Gasteiger partial charge in [0.2, 0.25) is 0 Å². The first-order valence-corrected chi connectivity index (χ1v) is 8.23. The van der Waals surface area contributed by atoms with Gasteiger partial charge in [-0.05, 0) is 30.9 Å². The van der Waals surface area contributed by atoms with E-state index < -0.39 is 0 Å². The van der Waals surface area contributed by atoms with E-state index >= 15 is 0 Å². The van der Waals surface area contributed by atoms with Crippen LogP contribution in [0.15, 0.2) is 37.8 Å². The molecule has 1 aromatic carbocycles. The molecule has 0 bridgehead atoms. The van der Waals surface area contributed by atoms with Crippen molar-refractivity contribution in [3.63, 3.8) is 0 Å². The van der Waals surface area contributed by atoms with E-state index in [1.54, 1.807) is 17.8 Å². The van der Waals surface area contributed by atoms with Crippen molar-refractivity contribution in [3.8, 4) is 5.75 Å². The highest BCUT2D eigenvalue weighted by molar-refractivity contribution is 8.00. The molecule has 3 aromatic rings. The van der Waals surface area contributed by atoms with E-state index in [4.69, 9.17) is 9.15 Å². The molecule has 0 unspecified atom stereocenters.